The highest BCUT2D eigenvalue weighted by Crippen LogP contribution is 2.39. The predicted octanol–water partition coefficient (Wildman–Crippen LogP) is 2.22. The van der Waals surface area contributed by atoms with Crippen LogP contribution >= 0.6 is 0 Å². The summed E-state index contributed by atoms with van der Waals surface area (Å²) < 4.78 is 19.0. The Labute approximate surface area is 135 Å². The summed E-state index contributed by atoms with van der Waals surface area (Å²) in [5, 5.41) is 12.2. The first-order chi connectivity index (χ1) is 10.9. The monoisotopic (exact) mass is 317 g/mol. The minimum absolute atomic E-state index is 0.121. The van der Waals surface area contributed by atoms with Crippen molar-refractivity contribution in [2.75, 3.05) is 18.0 Å². The smallest absolute Gasteiger partial charge is 0.240 e. The molecule has 1 heterocycles. The Hall–Kier alpha value is -2.29. The lowest BCUT2D eigenvalue weighted by Crippen LogP contribution is -2.51. The summed E-state index contributed by atoms with van der Waals surface area (Å²) >= 11 is 0. The summed E-state index contributed by atoms with van der Waals surface area (Å²) in [5.41, 5.74) is -0.106. The minimum atomic E-state index is -0.805. The van der Waals surface area contributed by atoms with Crippen LogP contribution in [-0.4, -0.2) is 30.6 Å². The van der Waals surface area contributed by atoms with Gasteiger partial charge in [-0.05, 0) is 44.7 Å². The number of carbonyl (C=O) groups excluding carboxylic acids is 1. The van der Waals surface area contributed by atoms with Crippen LogP contribution in [0.5, 0.6) is 5.75 Å². The summed E-state index contributed by atoms with van der Waals surface area (Å²) in [6, 6.07) is 6.53. The molecule has 1 N–H and O–H groups in total. The van der Waals surface area contributed by atoms with Crippen LogP contribution in [0.1, 0.15) is 26.7 Å². The van der Waals surface area contributed by atoms with Crippen molar-refractivity contribution in [2.45, 2.75) is 38.3 Å². The van der Waals surface area contributed by atoms with Gasteiger partial charge in [0, 0.05) is 6.07 Å². The minimum Gasteiger partial charge on any atom is -0.487 e. The Bertz CT molecular complexity index is 668. The number of hydrogen-bond donors (Lipinski definition) is 1. The Morgan fingerprint density at radius 3 is 2.96 bits per heavy atom. The van der Waals surface area contributed by atoms with Gasteiger partial charge in [0.1, 0.15) is 23.2 Å². The van der Waals surface area contributed by atoms with E-state index in [1.165, 1.54) is 12.1 Å². The zero-order chi connectivity index (χ0) is 16.6. The van der Waals surface area contributed by atoms with Gasteiger partial charge in [-0.15, -0.1) is 0 Å². The van der Waals surface area contributed by atoms with Crippen molar-refractivity contribution < 1.29 is 13.9 Å². The van der Waals surface area contributed by atoms with Gasteiger partial charge in [-0.3, -0.25) is 4.79 Å². The normalized spacial score (nSPS) is 22.3. The van der Waals surface area contributed by atoms with Crippen LogP contribution in [0.2, 0.25) is 0 Å². The number of halogens is 1. The molecule has 1 aliphatic carbocycles. The molecule has 1 saturated carbocycles. The number of amides is 1. The highest BCUT2D eigenvalue weighted by Gasteiger charge is 2.43. The molecule has 2 atom stereocenters. The fraction of sp³-hybridized carbons (Fsp3) is 0.529. The highest BCUT2D eigenvalue weighted by atomic mass is 19.1. The summed E-state index contributed by atoms with van der Waals surface area (Å²) in [7, 11) is 0. The third kappa shape index (κ3) is 3.24. The van der Waals surface area contributed by atoms with Crippen molar-refractivity contribution in [1.82, 2.24) is 5.32 Å². The van der Waals surface area contributed by atoms with E-state index in [9.17, 15) is 14.4 Å². The zero-order valence-electron chi connectivity index (χ0n) is 13.3. The molecule has 1 amide bonds. The molecule has 1 fully saturated rings. The van der Waals surface area contributed by atoms with Gasteiger partial charge in [-0.25, -0.2) is 4.39 Å². The van der Waals surface area contributed by atoms with E-state index in [0.29, 0.717) is 18.0 Å². The van der Waals surface area contributed by atoms with Crippen LogP contribution in [-0.2, 0) is 4.79 Å². The molecule has 0 saturated heterocycles. The van der Waals surface area contributed by atoms with Crippen LogP contribution in [0.3, 0.4) is 0 Å². The first kappa shape index (κ1) is 15.6. The van der Waals surface area contributed by atoms with E-state index in [4.69, 9.17) is 4.74 Å². The Balaban J connectivity index is 1.73. The van der Waals surface area contributed by atoms with Crippen molar-refractivity contribution in [3.63, 3.8) is 0 Å². The topological polar surface area (TPSA) is 65.4 Å². The number of fused-ring (bicyclic) bond motifs is 1. The number of hydrogen-bond acceptors (Lipinski definition) is 4. The third-order valence-electron chi connectivity index (χ3n) is 4.43. The maximum atomic E-state index is 13.4. The lowest BCUT2D eigenvalue weighted by Gasteiger charge is -2.35. The molecule has 1 aromatic carbocycles. The number of anilines is 1. The quantitative estimate of drug-likeness (QED) is 0.925. The van der Waals surface area contributed by atoms with Crippen LogP contribution in [0.4, 0.5) is 10.1 Å². The number of carbonyl (C=O) groups is 1. The SMILES string of the molecule is C[C@H]1CN(CC(=O)N[C@](C)(C#N)C2CC2)c2ccc(F)cc2O1. The standard InChI is InChI=1S/C17H20FN3O2/c1-11-8-21(14-6-5-13(18)7-15(14)23-11)9-16(22)20-17(2,10-19)12-3-4-12/h5-7,11-12H,3-4,8-9H2,1-2H3,(H,20,22)/t11-,17+/m0/s1. The molecule has 6 heteroatoms. The number of rotatable bonds is 4. The second-order valence-electron chi connectivity index (χ2n) is 6.56. The summed E-state index contributed by atoms with van der Waals surface area (Å²) in [6.45, 7) is 4.31. The van der Waals surface area contributed by atoms with Gasteiger partial charge >= 0.3 is 0 Å². The molecule has 0 aromatic heterocycles. The molecule has 0 spiro atoms. The summed E-state index contributed by atoms with van der Waals surface area (Å²) in [4.78, 5) is 14.2. The fourth-order valence-electron chi connectivity index (χ4n) is 3.04. The van der Waals surface area contributed by atoms with E-state index in [-0.39, 0.29) is 30.3 Å². The predicted molar refractivity (Wildman–Crippen MR) is 83.6 cm³/mol. The molecule has 23 heavy (non-hydrogen) atoms. The Kier molecular flexibility index (Phi) is 3.88. The molecule has 1 aromatic rings. The molecule has 1 aliphatic heterocycles. The number of ether oxygens (including phenoxy) is 1. The van der Waals surface area contributed by atoms with Gasteiger partial charge in [-0.2, -0.15) is 5.26 Å². The molecule has 0 radical (unpaired) electrons. The van der Waals surface area contributed by atoms with Crippen molar-refractivity contribution in [2.24, 2.45) is 5.92 Å². The lowest BCUT2D eigenvalue weighted by atomic mass is 9.98. The zero-order valence-corrected chi connectivity index (χ0v) is 13.3. The Morgan fingerprint density at radius 2 is 2.30 bits per heavy atom. The van der Waals surface area contributed by atoms with Crippen molar-refractivity contribution in [3.05, 3.63) is 24.0 Å². The van der Waals surface area contributed by atoms with Crippen LogP contribution in [0.15, 0.2) is 18.2 Å². The fourth-order valence-corrected chi connectivity index (χ4v) is 3.04. The lowest BCUT2D eigenvalue weighted by molar-refractivity contribution is -0.121. The van der Waals surface area contributed by atoms with E-state index in [1.54, 1.807) is 13.0 Å². The molecular formula is C17H20FN3O2. The van der Waals surface area contributed by atoms with Crippen LogP contribution in [0, 0.1) is 23.1 Å². The number of nitrogens with zero attached hydrogens (tertiary/aromatic N) is 2. The van der Waals surface area contributed by atoms with Crippen LogP contribution < -0.4 is 15.0 Å². The van der Waals surface area contributed by atoms with E-state index < -0.39 is 5.54 Å². The van der Waals surface area contributed by atoms with E-state index in [0.717, 1.165) is 12.8 Å². The maximum Gasteiger partial charge on any atom is 0.240 e. The Morgan fingerprint density at radius 1 is 1.57 bits per heavy atom. The number of nitriles is 1. The molecule has 0 bridgehead atoms. The largest absolute Gasteiger partial charge is 0.487 e. The number of nitrogens with one attached hydrogen (secondary N) is 1. The number of benzene rings is 1. The molecule has 3 rings (SSSR count). The third-order valence-corrected chi connectivity index (χ3v) is 4.43. The van der Waals surface area contributed by atoms with Gasteiger partial charge in [0.2, 0.25) is 5.91 Å². The van der Waals surface area contributed by atoms with E-state index >= 15 is 0 Å². The van der Waals surface area contributed by atoms with E-state index in [1.807, 2.05) is 11.8 Å². The average molecular weight is 317 g/mol. The summed E-state index contributed by atoms with van der Waals surface area (Å²) in [6.07, 6.45) is 1.81. The first-order valence-corrected chi connectivity index (χ1v) is 7.84. The van der Waals surface area contributed by atoms with Crippen LogP contribution in [0.25, 0.3) is 0 Å². The van der Waals surface area contributed by atoms with Crippen molar-refractivity contribution in [1.29, 1.82) is 5.26 Å². The maximum absolute atomic E-state index is 13.4. The van der Waals surface area contributed by atoms with Gasteiger partial charge in [0.05, 0.1) is 24.8 Å². The van der Waals surface area contributed by atoms with Crippen molar-refractivity contribution >= 4 is 11.6 Å². The average Bonchev–Trinajstić information content (AvgIpc) is 3.31. The second-order valence-corrected chi connectivity index (χ2v) is 6.56. The van der Waals surface area contributed by atoms with E-state index in [2.05, 4.69) is 11.4 Å². The summed E-state index contributed by atoms with van der Waals surface area (Å²) in [5.74, 6) is 0.113. The molecule has 122 valence electrons. The first-order valence-electron chi connectivity index (χ1n) is 7.84. The van der Waals surface area contributed by atoms with Gasteiger partial charge in [0.25, 0.3) is 0 Å². The molecule has 5 nitrogen and oxygen atoms in total. The van der Waals surface area contributed by atoms with Gasteiger partial charge in [0.15, 0.2) is 0 Å². The molecule has 0 unspecified atom stereocenters. The molecule has 2 aliphatic rings. The second kappa shape index (κ2) is 5.73. The van der Waals surface area contributed by atoms with Gasteiger partial charge in [-0.1, -0.05) is 0 Å². The molecular weight excluding hydrogens is 297 g/mol. The van der Waals surface area contributed by atoms with Crippen molar-refractivity contribution in [3.8, 4) is 11.8 Å². The van der Waals surface area contributed by atoms with Gasteiger partial charge < -0.3 is 15.0 Å². The highest BCUT2D eigenvalue weighted by molar-refractivity contribution is 5.83.